The highest BCUT2D eigenvalue weighted by Gasteiger charge is 2.12. The zero-order valence-electron chi connectivity index (χ0n) is 13.6. The largest absolute Gasteiger partial charge is 0.490 e. The van der Waals surface area contributed by atoms with Gasteiger partial charge in [-0.2, -0.15) is 0 Å². The van der Waals surface area contributed by atoms with E-state index in [2.05, 4.69) is 59.6 Å². The van der Waals surface area contributed by atoms with Crippen LogP contribution in [0.15, 0.2) is 49.1 Å². The number of rotatable bonds is 8. The Hall–Kier alpha value is -1.69. The first-order valence-corrected chi connectivity index (χ1v) is 8.72. The molecule has 0 aliphatic carbocycles. The normalized spacial score (nSPS) is 10.2. The molecule has 0 bridgehead atoms. The number of hydrogen-bond acceptors (Lipinski definition) is 3. The lowest BCUT2D eigenvalue weighted by molar-refractivity contribution is 0.295. The Kier molecular flexibility index (Phi) is 6.77. The van der Waals surface area contributed by atoms with Crippen LogP contribution in [-0.4, -0.2) is 13.2 Å². The predicted molar refractivity (Wildman–Crippen MR) is 105 cm³/mol. The molecule has 0 heterocycles. The maximum atomic E-state index is 5.74. The van der Waals surface area contributed by atoms with Crippen molar-refractivity contribution in [2.45, 2.75) is 20.4 Å². The maximum Gasteiger partial charge on any atom is 0.174 e. The zero-order chi connectivity index (χ0) is 16.7. The van der Waals surface area contributed by atoms with Gasteiger partial charge in [0, 0.05) is 12.2 Å². The predicted octanol–water partition coefficient (Wildman–Crippen LogP) is 5.18. The quantitative estimate of drug-likeness (QED) is 0.469. The van der Waals surface area contributed by atoms with Crippen LogP contribution < -0.4 is 14.8 Å². The number of ether oxygens (including phenoxy) is 2. The first-order chi connectivity index (χ1) is 11.2. The summed E-state index contributed by atoms with van der Waals surface area (Å²) in [5, 5.41) is 3.47. The summed E-state index contributed by atoms with van der Waals surface area (Å²) in [7, 11) is 0. The molecule has 2 aromatic rings. The second-order valence-electron chi connectivity index (χ2n) is 5.11. The van der Waals surface area contributed by atoms with Gasteiger partial charge in [0.05, 0.1) is 10.2 Å². The topological polar surface area (TPSA) is 30.5 Å². The summed E-state index contributed by atoms with van der Waals surface area (Å²) in [6, 6.07) is 12.4. The lowest BCUT2D eigenvalue weighted by atomic mass is 10.1. The van der Waals surface area contributed by atoms with E-state index < -0.39 is 0 Å². The monoisotopic (exact) mass is 423 g/mol. The summed E-state index contributed by atoms with van der Waals surface area (Å²) in [6.45, 7) is 9.58. The lowest BCUT2D eigenvalue weighted by Crippen LogP contribution is -2.05. The van der Waals surface area contributed by atoms with Gasteiger partial charge in [0.15, 0.2) is 11.5 Å². The molecule has 0 aliphatic rings. The summed E-state index contributed by atoms with van der Waals surface area (Å²) in [5.74, 6) is 1.56. The van der Waals surface area contributed by atoms with E-state index in [0.717, 1.165) is 32.9 Å². The minimum absolute atomic E-state index is 0.469. The van der Waals surface area contributed by atoms with E-state index in [1.54, 1.807) is 6.08 Å². The van der Waals surface area contributed by atoms with Crippen molar-refractivity contribution in [3.63, 3.8) is 0 Å². The van der Waals surface area contributed by atoms with Crippen molar-refractivity contribution in [1.29, 1.82) is 0 Å². The summed E-state index contributed by atoms with van der Waals surface area (Å²) in [4.78, 5) is 0. The van der Waals surface area contributed by atoms with Gasteiger partial charge in [0.2, 0.25) is 0 Å². The van der Waals surface area contributed by atoms with Gasteiger partial charge in [-0.15, -0.1) is 0 Å². The third kappa shape index (κ3) is 4.89. The van der Waals surface area contributed by atoms with Gasteiger partial charge in [-0.1, -0.05) is 30.9 Å². The summed E-state index contributed by atoms with van der Waals surface area (Å²) in [6.07, 6.45) is 1.74. The molecule has 0 saturated carbocycles. The Labute approximate surface area is 151 Å². The molecule has 0 spiro atoms. The Morgan fingerprint density at radius 3 is 2.70 bits per heavy atom. The SMILES string of the molecule is C=CCOc1c(I)cc(CNc2ccccc2C)cc1OCC. The van der Waals surface area contributed by atoms with E-state index in [1.807, 2.05) is 25.1 Å². The molecule has 3 nitrogen and oxygen atoms in total. The lowest BCUT2D eigenvalue weighted by Gasteiger charge is -2.16. The Morgan fingerprint density at radius 1 is 1.22 bits per heavy atom. The fourth-order valence-corrected chi connectivity index (χ4v) is 3.06. The Balaban J connectivity index is 2.19. The third-order valence-electron chi connectivity index (χ3n) is 3.34. The number of para-hydroxylation sites is 1. The molecule has 0 fully saturated rings. The second kappa shape index (κ2) is 8.82. The molecule has 0 atom stereocenters. The van der Waals surface area contributed by atoms with Crippen molar-refractivity contribution < 1.29 is 9.47 Å². The van der Waals surface area contributed by atoms with Crippen molar-refractivity contribution >= 4 is 28.3 Å². The molecule has 1 N–H and O–H groups in total. The van der Waals surface area contributed by atoms with Gasteiger partial charge in [0.25, 0.3) is 0 Å². The van der Waals surface area contributed by atoms with Crippen LogP contribution in [0.3, 0.4) is 0 Å². The van der Waals surface area contributed by atoms with Crippen molar-refractivity contribution in [2.24, 2.45) is 0 Å². The molecule has 4 heteroatoms. The fourth-order valence-electron chi connectivity index (χ4n) is 2.24. The van der Waals surface area contributed by atoms with Gasteiger partial charge >= 0.3 is 0 Å². The van der Waals surface area contributed by atoms with E-state index in [0.29, 0.717) is 13.2 Å². The van der Waals surface area contributed by atoms with Crippen LogP contribution in [0, 0.1) is 10.5 Å². The van der Waals surface area contributed by atoms with Crippen molar-refractivity contribution in [1.82, 2.24) is 0 Å². The van der Waals surface area contributed by atoms with E-state index in [4.69, 9.17) is 9.47 Å². The average Bonchev–Trinajstić information content (AvgIpc) is 2.54. The zero-order valence-corrected chi connectivity index (χ0v) is 15.7. The number of anilines is 1. The molecular formula is C19H22INO2. The van der Waals surface area contributed by atoms with Crippen molar-refractivity contribution in [3.05, 3.63) is 63.8 Å². The van der Waals surface area contributed by atoms with Crippen LogP contribution in [0.5, 0.6) is 11.5 Å². The highest BCUT2D eigenvalue weighted by molar-refractivity contribution is 14.1. The molecule has 0 radical (unpaired) electrons. The minimum atomic E-state index is 0.469. The van der Waals surface area contributed by atoms with Gasteiger partial charge in [-0.3, -0.25) is 0 Å². The van der Waals surface area contributed by atoms with E-state index in [1.165, 1.54) is 5.56 Å². The average molecular weight is 423 g/mol. The van der Waals surface area contributed by atoms with Crippen molar-refractivity contribution in [3.8, 4) is 11.5 Å². The molecule has 0 unspecified atom stereocenters. The Morgan fingerprint density at radius 2 is 2.00 bits per heavy atom. The molecular weight excluding hydrogens is 401 g/mol. The van der Waals surface area contributed by atoms with Gasteiger partial charge in [-0.05, 0) is 65.8 Å². The first-order valence-electron chi connectivity index (χ1n) is 7.64. The molecule has 2 aromatic carbocycles. The highest BCUT2D eigenvalue weighted by atomic mass is 127. The molecule has 122 valence electrons. The van der Waals surface area contributed by atoms with Crippen LogP contribution >= 0.6 is 22.6 Å². The molecule has 0 saturated heterocycles. The minimum Gasteiger partial charge on any atom is -0.490 e. The second-order valence-corrected chi connectivity index (χ2v) is 6.27. The van der Waals surface area contributed by atoms with Gasteiger partial charge < -0.3 is 14.8 Å². The summed E-state index contributed by atoms with van der Waals surface area (Å²) < 4.78 is 12.5. The highest BCUT2D eigenvalue weighted by Crippen LogP contribution is 2.34. The van der Waals surface area contributed by atoms with E-state index in [-0.39, 0.29) is 0 Å². The van der Waals surface area contributed by atoms with Crippen LogP contribution in [0.1, 0.15) is 18.1 Å². The molecule has 0 amide bonds. The molecule has 2 rings (SSSR count). The Bertz CT molecular complexity index is 670. The number of nitrogens with one attached hydrogen (secondary N) is 1. The van der Waals surface area contributed by atoms with Gasteiger partial charge in [-0.25, -0.2) is 0 Å². The molecule has 0 aromatic heterocycles. The van der Waals surface area contributed by atoms with Crippen LogP contribution in [0.4, 0.5) is 5.69 Å². The first kappa shape index (κ1) is 17.7. The summed E-state index contributed by atoms with van der Waals surface area (Å²) >= 11 is 2.28. The fraction of sp³-hybridized carbons (Fsp3) is 0.263. The number of aryl methyl sites for hydroxylation is 1. The number of hydrogen-bond donors (Lipinski definition) is 1. The molecule has 23 heavy (non-hydrogen) atoms. The standard InChI is InChI=1S/C19H22INO2/c1-4-10-23-19-16(20)11-15(12-18(19)22-5-2)13-21-17-9-7-6-8-14(17)3/h4,6-9,11-12,21H,1,5,10,13H2,2-3H3. The van der Waals surface area contributed by atoms with E-state index >= 15 is 0 Å². The maximum absolute atomic E-state index is 5.74. The summed E-state index contributed by atoms with van der Waals surface area (Å²) in [5.41, 5.74) is 3.54. The van der Waals surface area contributed by atoms with Crippen molar-refractivity contribution in [2.75, 3.05) is 18.5 Å². The van der Waals surface area contributed by atoms with Crippen LogP contribution in [-0.2, 0) is 6.54 Å². The number of halogens is 1. The smallest absolute Gasteiger partial charge is 0.174 e. The van der Waals surface area contributed by atoms with E-state index in [9.17, 15) is 0 Å². The van der Waals surface area contributed by atoms with Crippen LogP contribution in [0.2, 0.25) is 0 Å². The van der Waals surface area contributed by atoms with Crippen LogP contribution in [0.25, 0.3) is 0 Å². The van der Waals surface area contributed by atoms with Gasteiger partial charge in [0.1, 0.15) is 6.61 Å². The molecule has 0 aliphatic heterocycles. The third-order valence-corrected chi connectivity index (χ3v) is 4.14. The number of benzene rings is 2.